The summed E-state index contributed by atoms with van der Waals surface area (Å²) in [6.45, 7) is 3.53. The minimum atomic E-state index is 0.178. The SMILES string of the molecule is CC1CCN(C2CCCCCC2C#N)C1CO. The summed E-state index contributed by atoms with van der Waals surface area (Å²) in [6.07, 6.45) is 7.06. The third kappa shape index (κ3) is 2.64. The van der Waals surface area contributed by atoms with Gasteiger partial charge in [-0.05, 0) is 31.7 Å². The fourth-order valence-electron chi connectivity index (χ4n) is 3.57. The van der Waals surface area contributed by atoms with E-state index in [-0.39, 0.29) is 18.6 Å². The Morgan fingerprint density at radius 2 is 2.00 bits per heavy atom. The largest absolute Gasteiger partial charge is 0.395 e. The van der Waals surface area contributed by atoms with E-state index in [1.807, 2.05) is 0 Å². The molecule has 96 valence electrons. The molecule has 17 heavy (non-hydrogen) atoms. The van der Waals surface area contributed by atoms with Crippen molar-refractivity contribution in [2.45, 2.75) is 57.5 Å². The van der Waals surface area contributed by atoms with Gasteiger partial charge in [-0.3, -0.25) is 4.90 Å². The van der Waals surface area contributed by atoms with Crippen LogP contribution < -0.4 is 0 Å². The van der Waals surface area contributed by atoms with E-state index in [9.17, 15) is 10.4 Å². The van der Waals surface area contributed by atoms with Crippen molar-refractivity contribution in [1.82, 2.24) is 4.90 Å². The molecular formula is C14H24N2O. The molecule has 2 fully saturated rings. The number of rotatable bonds is 2. The lowest BCUT2D eigenvalue weighted by atomic mass is 9.93. The summed E-state index contributed by atoms with van der Waals surface area (Å²) in [5.74, 6) is 0.749. The molecule has 1 N–H and O–H groups in total. The van der Waals surface area contributed by atoms with E-state index in [0.29, 0.717) is 12.0 Å². The van der Waals surface area contributed by atoms with Gasteiger partial charge in [0, 0.05) is 12.1 Å². The van der Waals surface area contributed by atoms with E-state index < -0.39 is 0 Å². The molecule has 2 aliphatic rings. The molecule has 0 bridgehead atoms. The topological polar surface area (TPSA) is 47.3 Å². The number of hydrogen-bond acceptors (Lipinski definition) is 3. The average molecular weight is 236 g/mol. The minimum Gasteiger partial charge on any atom is -0.395 e. The standard InChI is InChI=1S/C14H24N2O/c1-11-7-8-16(14(11)10-17)13-6-4-2-3-5-12(13)9-15/h11-14,17H,2-8,10H2,1H3. The molecule has 1 saturated heterocycles. The molecule has 0 amide bonds. The number of aliphatic hydroxyl groups excluding tert-OH is 1. The van der Waals surface area contributed by atoms with Crippen LogP contribution in [0, 0.1) is 23.2 Å². The summed E-state index contributed by atoms with van der Waals surface area (Å²) >= 11 is 0. The van der Waals surface area contributed by atoms with Crippen LogP contribution in [0.15, 0.2) is 0 Å². The fourth-order valence-corrected chi connectivity index (χ4v) is 3.57. The third-order valence-electron chi connectivity index (χ3n) is 4.68. The van der Waals surface area contributed by atoms with Gasteiger partial charge in [-0.2, -0.15) is 5.26 Å². The summed E-state index contributed by atoms with van der Waals surface area (Å²) in [7, 11) is 0. The van der Waals surface area contributed by atoms with Crippen molar-refractivity contribution in [1.29, 1.82) is 5.26 Å². The van der Waals surface area contributed by atoms with Gasteiger partial charge in [0.1, 0.15) is 0 Å². The molecular weight excluding hydrogens is 212 g/mol. The van der Waals surface area contributed by atoms with Crippen LogP contribution in [-0.2, 0) is 0 Å². The molecule has 1 heterocycles. The maximum absolute atomic E-state index is 9.54. The number of likely N-dealkylation sites (tertiary alicyclic amines) is 1. The Bertz CT molecular complexity index is 286. The molecule has 3 heteroatoms. The molecule has 0 radical (unpaired) electrons. The summed E-state index contributed by atoms with van der Waals surface area (Å²) < 4.78 is 0. The number of hydrogen-bond donors (Lipinski definition) is 1. The van der Waals surface area contributed by atoms with Gasteiger partial charge >= 0.3 is 0 Å². The Balaban J connectivity index is 2.10. The smallest absolute Gasteiger partial charge is 0.0672 e. The number of nitriles is 1. The first-order chi connectivity index (χ1) is 8.27. The van der Waals surface area contributed by atoms with E-state index in [4.69, 9.17) is 0 Å². The van der Waals surface area contributed by atoms with E-state index >= 15 is 0 Å². The van der Waals surface area contributed by atoms with Gasteiger partial charge in [-0.15, -0.1) is 0 Å². The van der Waals surface area contributed by atoms with Crippen LogP contribution in [0.1, 0.15) is 45.4 Å². The second-order valence-corrected chi connectivity index (χ2v) is 5.69. The Kier molecular flexibility index (Phi) is 4.42. The first-order valence-electron chi connectivity index (χ1n) is 7.04. The Hall–Kier alpha value is -0.590. The van der Waals surface area contributed by atoms with Crippen molar-refractivity contribution in [3.8, 4) is 6.07 Å². The van der Waals surface area contributed by atoms with Gasteiger partial charge < -0.3 is 5.11 Å². The highest BCUT2D eigenvalue weighted by Gasteiger charge is 2.38. The third-order valence-corrected chi connectivity index (χ3v) is 4.68. The summed E-state index contributed by atoms with van der Waals surface area (Å²) in [5, 5.41) is 18.9. The molecule has 1 saturated carbocycles. The molecule has 0 aromatic carbocycles. The molecule has 1 aliphatic heterocycles. The van der Waals surface area contributed by atoms with Crippen LogP contribution in [0.3, 0.4) is 0 Å². The molecule has 3 nitrogen and oxygen atoms in total. The van der Waals surface area contributed by atoms with Crippen LogP contribution in [0.25, 0.3) is 0 Å². The van der Waals surface area contributed by atoms with Crippen LogP contribution in [-0.4, -0.2) is 35.2 Å². The normalized spacial score (nSPS) is 39.8. The van der Waals surface area contributed by atoms with Crippen molar-refractivity contribution < 1.29 is 5.11 Å². The Labute approximate surface area is 104 Å². The minimum absolute atomic E-state index is 0.178. The lowest BCUT2D eigenvalue weighted by molar-refractivity contribution is 0.0817. The monoisotopic (exact) mass is 236 g/mol. The number of nitrogens with zero attached hydrogens (tertiary/aromatic N) is 2. The molecule has 0 aromatic heterocycles. The highest BCUT2D eigenvalue weighted by atomic mass is 16.3. The van der Waals surface area contributed by atoms with Gasteiger partial charge in [0.25, 0.3) is 0 Å². The molecule has 4 atom stereocenters. The number of aliphatic hydroxyl groups is 1. The van der Waals surface area contributed by atoms with Gasteiger partial charge in [-0.25, -0.2) is 0 Å². The summed E-state index contributed by atoms with van der Waals surface area (Å²) in [6, 6.07) is 3.19. The van der Waals surface area contributed by atoms with Crippen molar-refractivity contribution in [3.05, 3.63) is 0 Å². The fraction of sp³-hybridized carbons (Fsp3) is 0.929. The van der Waals surface area contributed by atoms with Crippen LogP contribution in [0.2, 0.25) is 0 Å². The molecule has 0 aromatic rings. The van der Waals surface area contributed by atoms with E-state index in [1.54, 1.807) is 0 Å². The average Bonchev–Trinajstić information content (AvgIpc) is 2.57. The van der Waals surface area contributed by atoms with E-state index in [2.05, 4.69) is 17.9 Å². The van der Waals surface area contributed by atoms with Gasteiger partial charge in [0.15, 0.2) is 0 Å². The van der Waals surface area contributed by atoms with Crippen LogP contribution >= 0.6 is 0 Å². The predicted molar refractivity (Wildman–Crippen MR) is 67.3 cm³/mol. The summed E-state index contributed by atoms with van der Waals surface area (Å²) in [5.41, 5.74) is 0. The molecule has 1 aliphatic carbocycles. The Morgan fingerprint density at radius 1 is 1.24 bits per heavy atom. The second-order valence-electron chi connectivity index (χ2n) is 5.69. The maximum atomic E-state index is 9.54. The van der Waals surface area contributed by atoms with Crippen molar-refractivity contribution in [3.63, 3.8) is 0 Å². The molecule has 0 spiro atoms. The van der Waals surface area contributed by atoms with Crippen molar-refractivity contribution >= 4 is 0 Å². The van der Waals surface area contributed by atoms with Crippen molar-refractivity contribution in [2.24, 2.45) is 11.8 Å². The highest BCUT2D eigenvalue weighted by Crippen LogP contribution is 2.34. The van der Waals surface area contributed by atoms with Crippen molar-refractivity contribution in [2.75, 3.05) is 13.2 Å². The van der Waals surface area contributed by atoms with E-state index in [1.165, 1.54) is 25.7 Å². The van der Waals surface area contributed by atoms with Crippen LogP contribution in [0.4, 0.5) is 0 Å². The molecule has 2 rings (SSSR count). The highest BCUT2D eigenvalue weighted by molar-refractivity contribution is 4.99. The summed E-state index contributed by atoms with van der Waals surface area (Å²) in [4.78, 5) is 2.43. The predicted octanol–water partition coefficient (Wildman–Crippen LogP) is 2.16. The maximum Gasteiger partial charge on any atom is 0.0672 e. The zero-order valence-corrected chi connectivity index (χ0v) is 10.8. The second kappa shape index (κ2) is 5.84. The quantitative estimate of drug-likeness (QED) is 0.747. The first kappa shape index (κ1) is 12.9. The van der Waals surface area contributed by atoms with Gasteiger partial charge in [-0.1, -0.05) is 26.2 Å². The lowest BCUT2D eigenvalue weighted by Gasteiger charge is -2.35. The van der Waals surface area contributed by atoms with Gasteiger partial charge in [0.2, 0.25) is 0 Å². The zero-order valence-electron chi connectivity index (χ0n) is 10.8. The molecule has 4 unspecified atom stereocenters. The zero-order chi connectivity index (χ0) is 12.3. The first-order valence-corrected chi connectivity index (χ1v) is 7.04. The van der Waals surface area contributed by atoms with E-state index in [0.717, 1.165) is 19.4 Å². The van der Waals surface area contributed by atoms with Gasteiger partial charge in [0.05, 0.1) is 18.6 Å². The Morgan fingerprint density at radius 3 is 2.71 bits per heavy atom. The lowest BCUT2D eigenvalue weighted by Crippen LogP contribution is -2.45. The van der Waals surface area contributed by atoms with Crippen LogP contribution in [0.5, 0.6) is 0 Å².